The number of nitrogens with zero attached hydrogens (tertiary/aromatic N) is 2. The summed E-state index contributed by atoms with van der Waals surface area (Å²) >= 11 is 1.29. The average molecular weight is 457 g/mol. The SMILES string of the molecule is O=C(O)c1ccccc1C(=O)Nc1ccc(-n2nc(C(F)(F)F)cc2-c2cccs2)cc1. The number of benzene rings is 2. The number of aromatic nitrogens is 2. The van der Waals surface area contributed by atoms with Crippen LogP contribution in [0.5, 0.6) is 0 Å². The van der Waals surface area contributed by atoms with E-state index < -0.39 is 23.7 Å². The van der Waals surface area contributed by atoms with Crippen LogP contribution in [0.2, 0.25) is 0 Å². The number of halogens is 3. The second-order valence-corrected chi connectivity index (χ2v) is 7.60. The smallest absolute Gasteiger partial charge is 0.435 e. The van der Waals surface area contributed by atoms with Crippen molar-refractivity contribution in [2.45, 2.75) is 6.18 Å². The van der Waals surface area contributed by atoms with Crippen LogP contribution in [0.15, 0.2) is 72.1 Å². The Morgan fingerprint density at radius 2 is 1.66 bits per heavy atom. The molecule has 0 unspecified atom stereocenters. The first-order chi connectivity index (χ1) is 15.2. The van der Waals surface area contributed by atoms with Gasteiger partial charge in [0, 0.05) is 5.69 Å². The Hall–Kier alpha value is -3.92. The summed E-state index contributed by atoms with van der Waals surface area (Å²) in [5, 5.41) is 17.3. The molecule has 4 rings (SSSR count). The Bertz CT molecular complexity index is 1280. The largest absolute Gasteiger partial charge is 0.478 e. The fourth-order valence-electron chi connectivity index (χ4n) is 3.07. The molecule has 32 heavy (non-hydrogen) atoms. The number of hydrogen-bond acceptors (Lipinski definition) is 4. The monoisotopic (exact) mass is 457 g/mol. The fourth-order valence-corrected chi connectivity index (χ4v) is 3.80. The average Bonchev–Trinajstić information content (AvgIpc) is 3.44. The molecule has 162 valence electrons. The Kier molecular flexibility index (Phi) is 5.54. The number of carboxylic acid groups (broad SMARTS) is 1. The summed E-state index contributed by atoms with van der Waals surface area (Å²) in [6.07, 6.45) is -4.59. The van der Waals surface area contributed by atoms with Crippen molar-refractivity contribution in [3.63, 3.8) is 0 Å². The molecular formula is C22H14F3N3O3S. The number of carbonyl (C=O) groups is 2. The number of amides is 1. The molecule has 6 nitrogen and oxygen atoms in total. The molecule has 0 radical (unpaired) electrons. The minimum atomic E-state index is -4.59. The normalized spacial score (nSPS) is 11.3. The van der Waals surface area contributed by atoms with E-state index in [1.54, 1.807) is 23.6 Å². The number of hydrogen-bond donors (Lipinski definition) is 2. The van der Waals surface area contributed by atoms with Gasteiger partial charge in [-0.15, -0.1) is 11.3 Å². The fraction of sp³-hybridized carbons (Fsp3) is 0.0455. The third kappa shape index (κ3) is 4.26. The lowest BCUT2D eigenvalue weighted by atomic mass is 10.1. The van der Waals surface area contributed by atoms with Crippen LogP contribution in [0.3, 0.4) is 0 Å². The van der Waals surface area contributed by atoms with Crippen molar-refractivity contribution in [2.75, 3.05) is 5.32 Å². The molecule has 0 spiro atoms. The first kappa shape index (κ1) is 21.3. The summed E-state index contributed by atoms with van der Waals surface area (Å²) in [5.74, 6) is -1.85. The molecular weight excluding hydrogens is 443 g/mol. The molecule has 0 bridgehead atoms. The van der Waals surface area contributed by atoms with Gasteiger partial charge >= 0.3 is 12.1 Å². The maximum absolute atomic E-state index is 13.2. The van der Waals surface area contributed by atoms with Gasteiger partial charge < -0.3 is 10.4 Å². The number of thiophene rings is 1. The quantitative estimate of drug-likeness (QED) is 0.410. The number of alkyl halides is 3. The molecule has 0 saturated carbocycles. The van der Waals surface area contributed by atoms with E-state index in [0.717, 1.165) is 6.07 Å². The predicted octanol–water partition coefficient (Wildman–Crippen LogP) is 5.57. The Balaban J connectivity index is 1.63. The maximum atomic E-state index is 13.2. The van der Waals surface area contributed by atoms with Gasteiger partial charge in [0.25, 0.3) is 5.91 Å². The molecule has 0 fully saturated rings. The van der Waals surface area contributed by atoms with E-state index in [1.807, 2.05) is 0 Å². The Morgan fingerprint density at radius 3 is 2.25 bits per heavy atom. The first-order valence-electron chi connectivity index (χ1n) is 9.19. The second-order valence-electron chi connectivity index (χ2n) is 6.65. The topological polar surface area (TPSA) is 84.2 Å². The minimum Gasteiger partial charge on any atom is -0.478 e. The first-order valence-corrected chi connectivity index (χ1v) is 10.1. The zero-order valence-electron chi connectivity index (χ0n) is 16.1. The van der Waals surface area contributed by atoms with Gasteiger partial charge in [0.05, 0.1) is 27.4 Å². The van der Waals surface area contributed by atoms with Crippen molar-refractivity contribution in [3.05, 3.63) is 88.9 Å². The zero-order valence-corrected chi connectivity index (χ0v) is 16.9. The zero-order chi connectivity index (χ0) is 22.9. The molecule has 10 heteroatoms. The molecule has 2 aromatic heterocycles. The van der Waals surface area contributed by atoms with Crippen LogP contribution in [0, 0.1) is 0 Å². The highest BCUT2D eigenvalue weighted by molar-refractivity contribution is 7.13. The van der Waals surface area contributed by atoms with Crippen LogP contribution in [0.25, 0.3) is 16.3 Å². The summed E-state index contributed by atoms with van der Waals surface area (Å²) in [5.41, 5.74) is -0.153. The van der Waals surface area contributed by atoms with Crippen LogP contribution in [0.4, 0.5) is 18.9 Å². The van der Waals surface area contributed by atoms with Gasteiger partial charge in [0.2, 0.25) is 0 Å². The van der Waals surface area contributed by atoms with Crippen molar-refractivity contribution in [1.29, 1.82) is 0 Å². The number of aromatic carboxylic acids is 1. The Labute approximate surface area is 183 Å². The molecule has 0 atom stereocenters. The van der Waals surface area contributed by atoms with Gasteiger partial charge in [0.15, 0.2) is 5.69 Å². The lowest BCUT2D eigenvalue weighted by molar-refractivity contribution is -0.141. The van der Waals surface area contributed by atoms with Crippen LogP contribution >= 0.6 is 11.3 Å². The van der Waals surface area contributed by atoms with Crippen LogP contribution in [-0.4, -0.2) is 26.8 Å². The lowest BCUT2D eigenvalue weighted by Gasteiger charge is -2.10. The summed E-state index contributed by atoms with van der Waals surface area (Å²) in [4.78, 5) is 24.4. The molecule has 0 aliphatic rings. The third-order valence-electron chi connectivity index (χ3n) is 4.55. The van der Waals surface area contributed by atoms with Gasteiger partial charge in [-0.3, -0.25) is 4.79 Å². The lowest BCUT2D eigenvalue weighted by Crippen LogP contribution is -2.16. The van der Waals surface area contributed by atoms with Crippen LogP contribution < -0.4 is 5.32 Å². The number of carboxylic acids is 1. The summed E-state index contributed by atoms with van der Waals surface area (Å²) in [6, 6.07) is 16.2. The van der Waals surface area contributed by atoms with Gasteiger partial charge in [-0.05, 0) is 53.9 Å². The number of rotatable bonds is 5. The summed E-state index contributed by atoms with van der Waals surface area (Å²) < 4.78 is 40.9. The highest BCUT2D eigenvalue weighted by atomic mass is 32.1. The molecule has 0 saturated heterocycles. The predicted molar refractivity (Wildman–Crippen MR) is 113 cm³/mol. The number of anilines is 1. The highest BCUT2D eigenvalue weighted by Crippen LogP contribution is 2.34. The van der Waals surface area contributed by atoms with Gasteiger partial charge in [-0.2, -0.15) is 18.3 Å². The van der Waals surface area contributed by atoms with E-state index in [9.17, 15) is 27.9 Å². The molecule has 2 N–H and O–H groups in total. The Morgan fingerprint density at radius 1 is 0.969 bits per heavy atom. The van der Waals surface area contributed by atoms with Crippen molar-refractivity contribution in [2.24, 2.45) is 0 Å². The van der Waals surface area contributed by atoms with Crippen LogP contribution in [0.1, 0.15) is 26.4 Å². The van der Waals surface area contributed by atoms with Crippen molar-refractivity contribution in [1.82, 2.24) is 9.78 Å². The second kappa shape index (κ2) is 8.31. The standard InChI is InChI=1S/C22H14F3N3O3S/c23-22(24,25)19-12-17(18-6-3-11-32-18)28(27-19)14-9-7-13(8-10-14)26-20(29)15-4-1-2-5-16(15)21(30)31/h1-12H,(H,26,29)(H,30,31). The minimum absolute atomic E-state index is 0.00838. The van der Waals surface area contributed by atoms with Crippen molar-refractivity contribution < 1.29 is 27.9 Å². The van der Waals surface area contributed by atoms with Gasteiger partial charge in [-0.1, -0.05) is 18.2 Å². The van der Waals surface area contributed by atoms with E-state index in [-0.39, 0.29) is 11.1 Å². The summed E-state index contributed by atoms with van der Waals surface area (Å²) in [7, 11) is 0. The number of nitrogens with one attached hydrogen (secondary N) is 1. The highest BCUT2D eigenvalue weighted by Gasteiger charge is 2.35. The molecule has 4 aromatic rings. The van der Waals surface area contributed by atoms with E-state index in [4.69, 9.17) is 0 Å². The van der Waals surface area contributed by atoms with Crippen molar-refractivity contribution >= 4 is 28.9 Å². The van der Waals surface area contributed by atoms with E-state index in [0.29, 0.717) is 21.9 Å². The molecule has 0 aliphatic heterocycles. The molecule has 2 heterocycles. The van der Waals surface area contributed by atoms with E-state index in [1.165, 1.54) is 58.5 Å². The van der Waals surface area contributed by atoms with Crippen molar-refractivity contribution in [3.8, 4) is 16.3 Å². The van der Waals surface area contributed by atoms with E-state index in [2.05, 4.69) is 10.4 Å². The van der Waals surface area contributed by atoms with Gasteiger partial charge in [-0.25, -0.2) is 9.48 Å². The van der Waals surface area contributed by atoms with E-state index >= 15 is 0 Å². The van der Waals surface area contributed by atoms with Gasteiger partial charge in [0.1, 0.15) is 0 Å². The third-order valence-corrected chi connectivity index (χ3v) is 5.44. The molecule has 2 aromatic carbocycles. The summed E-state index contributed by atoms with van der Waals surface area (Å²) in [6.45, 7) is 0. The molecule has 0 aliphatic carbocycles. The maximum Gasteiger partial charge on any atom is 0.435 e. The molecule has 1 amide bonds. The number of carbonyl (C=O) groups excluding carboxylic acids is 1. The van der Waals surface area contributed by atoms with Crippen LogP contribution in [-0.2, 0) is 6.18 Å².